The minimum atomic E-state index is 0.107. The van der Waals surface area contributed by atoms with Gasteiger partial charge < -0.3 is 10.2 Å². The van der Waals surface area contributed by atoms with Crippen LogP contribution in [0.15, 0.2) is 74.0 Å². The molecule has 182 valence electrons. The van der Waals surface area contributed by atoms with Crippen molar-refractivity contribution in [3.63, 3.8) is 0 Å². The van der Waals surface area contributed by atoms with Crippen LogP contribution in [0.5, 0.6) is 0 Å². The molecule has 0 heterocycles. The molecule has 0 bridgehead atoms. The van der Waals surface area contributed by atoms with Crippen molar-refractivity contribution in [3.05, 3.63) is 79.6 Å². The number of rotatable bonds is 10. The van der Waals surface area contributed by atoms with Crippen molar-refractivity contribution < 1.29 is 9.59 Å². The molecule has 1 amide bonds. The summed E-state index contributed by atoms with van der Waals surface area (Å²) >= 11 is 1.86. The lowest BCUT2D eigenvalue weighted by Crippen LogP contribution is -2.09. The van der Waals surface area contributed by atoms with E-state index in [1.165, 1.54) is 16.9 Å². The molecular formula is C27H41N3O2S. The molecule has 0 saturated carbocycles. The Labute approximate surface area is 206 Å². The molecule has 33 heavy (non-hydrogen) atoms. The van der Waals surface area contributed by atoms with Gasteiger partial charge in [0, 0.05) is 29.9 Å². The van der Waals surface area contributed by atoms with Gasteiger partial charge in [-0.3, -0.25) is 9.59 Å². The fourth-order valence-electron chi connectivity index (χ4n) is 1.68. The molecule has 0 spiro atoms. The molecule has 1 aromatic rings. The Morgan fingerprint density at radius 3 is 2.03 bits per heavy atom. The van der Waals surface area contributed by atoms with Crippen molar-refractivity contribution in [1.29, 1.82) is 5.26 Å². The monoisotopic (exact) mass is 471 g/mol. The molecule has 0 aliphatic rings. The van der Waals surface area contributed by atoms with Crippen LogP contribution >= 0.6 is 11.8 Å². The molecule has 0 atom stereocenters. The highest BCUT2D eigenvalue weighted by Gasteiger charge is 1.99. The van der Waals surface area contributed by atoms with Crippen LogP contribution in [0.4, 0.5) is 5.69 Å². The van der Waals surface area contributed by atoms with E-state index in [0.717, 1.165) is 29.7 Å². The maximum absolute atomic E-state index is 11.0. The molecule has 0 aromatic heterocycles. The fraction of sp³-hybridized carbons (Fsp3) is 0.370. The van der Waals surface area contributed by atoms with Crippen molar-refractivity contribution in [2.75, 3.05) is 24.4 Å². The third kappa shape index (κ3) is 23.5. The SMILES string of the molecule is C=CCCC(=C)C(=C)C#N.C=CN(C)C=O.CC(=O)c1ccc(NC(C)C)cc1.CCSC. The van der Waals surface area contributed by atoms with Crippen LogP contribution in [-0.2, 0) is 4.79 Å². The van der Waals surface area contributed by atoms with Gasteiger partial charge >= 0.3 is 0 Å². The van der Waals surface area contributed by atoms with Crippen molar-refractivity contribution in [1.82, 2.24) is 4.90 Å². The summed E-state index contributed by atoms with van der Waals surface area (Å²) in [5, 5.41) is 11.6. The number of benzene rings is 1. The average molecular weight is 472 g/mol. The number of ketones is 1. The van der Waals surface area contributed by atoms with Crippen LogP contribution in [0.3, 0.4) is 0 Å². The summed E-state index contributed by atoms with van der Waals surface area (Å²) in [5.74, 6) is 1.34. The second kappa shape index (κ2) is 23.6. The molecule has 0 aliphatic carbocycles. The molecule has 0 saturated heterocycles. The first-order valence-corrected chi connectivity index (χ1v) is 12.0. The van der Waals surface area contributed by atoms with Gasteiger partial charge in [-0.05, 0) is 81.7 Å². The lowest BCUT2D eigenvalue weighted by molar-refractivity contribution is -0.114. The van der Waals surface area contributed by atoms with Crippen LogP contribution in [0.25, 0.3) is 0 Å². The largest absolute Gasteiger partial charge is 0.383 e. The zero-order chi connectivity index (χ0) is 26.2. The zero-order valence-electron chi connectivity index (χ0n) is 21.2. The molecule has 0 aliphatic heterocycles. The van der Waals surface area contributed by atoms with Gasteiger partial charge in [-0.2, -0.15) is 17.0 Å². The number of carbonyl (C=O) groups excluding carboxylic acids is 2. The Balaban J connectivity index is -0.000000399. The molecule has 1 N–H and O–H groups in total. The van der Waals surface area contributed by atoms with E-state index >= 15 is 0 Å². The Kier molecular flexibility index (Phi) is 24.7. The quantitative estimate of drug-likeness (QED) is 0.132. The average Bonchev–Trinajstić information content (AvgIpc) is 2.82. The fourth-order valence-corrected chi connectivity index (χ4v) is 1.68. The normalized spacial score (nSPS) is 8.55. The van der Waals surface area contributed by atoms with Crippen LogP contribution in [0, 0.1) is 11.3 Å². The third-order valence-electron chi connectivity index (χ3n) is 3.70. The molecule has 0 unspecified atom stereocenters. The number of thioether (sulfide) groups is 1. The molecule has 5 nitrogen and oxygen atoms in total. The highest BCUT2D eigenvalue weighted by atomic mass is 32.2. The van der Waals surface area contributed by atoms with Crippen molar-refractivity contribution in [2.45, 2.75) is 46.6 Å². The van der Waals surface area contributed by atoms with Crippen LogP contribution in [-0.4, -0.2) is 42.2 Å². The summed E-state index contributed by atoms with van der Waals surface area (Å²) in [6.45, 7) is 22.0. The maximum Gasteiger partial charge on any atom is 0.213 e. The van der Waals surface area contributed by atoms with E-state index in [9.17, 15) is 9.59 Å². The summed E-state index contributed by atoms with van der Waals surface area (Å²) in [6.07, 6.45) is 7.67. The van der Waals surface area contributed by atoms with Crippen molar-refractivity contribution in [3.8, 4) is 6.07 Å². The molecule has 1 aromatic carbocycles. The number of nitrogens with one attached hydrogen (secondary N) is 1. The summed E-state index contributed by atoms with van der Waals surface area (Å²) in [4.78, 5) is 21.9. The number of anilines is 1. The number of amides is 1. The Hall–Kier alpha value is -3.04. The minimum absolute atomic E-state index is 0.107. The molecule has 0 radical (unpaired) electrons. The second-order valence-electron chi connectivity index (χ2n) is 6.98. The first-order valence-electron chi connectivity index (χ1n) is 10.6. The number of allylic oxidation sites excluding steroid dienone is 3. The Morgan fingerprint density at radius 2 is 1.76 bits per heavy atom. The summed E-state index contributed by atoms with van der Waals surface area (Å²) < 4.78 is 0. The number of hydrogen-bond donors (Lipinski definition) is 1. The van der Waals surface area contributed by atoms with E-state index < -0.39 is 0 Å². The van der Waals surface area contributed by atoms with Crippen molar-refractivity contribution in [2.24, 2.45) is 0 Å². The van der Waals surface area contributed by atoms with Gasteiger partial charge in [-0.1, -0.05) is 32.7 Å². The highest BCUT2D eigenvalue weighted by molar-refractivity contribution is 7.98. The van der Waals surface area contributed by atoms with E-state index in [2.05, 4.69) is 58.7 Å². The first-order chi connectivity index (χ1) is 15.5. The van der Waals surface area contributed by atoms with Crippen LogP contribution < -0.4 is 5.32 Å². The van der Waals surface area contributed by atoms with Crippen molar-refractivity contribution >= 4 is 29.6 Å². The predicted octanol–water partition coefficient (Wildman–Crippen LogP) is 6.89. The van der Waals surface area contributed by atoms with Crippen LogP contribution in [0.2, 0.25) is 0 Å². The first kappa shape index (κ1) is 34.6. The van der Waals surface area contributed by atoms with E-state index in [0.29, 0.717) is 18.0 Å². The highest BCUT2D eigenvalue weighted by Crippen LogP contribution is 2.11. The molecule has 1 rings (SSSR count). The minimum Gasteiger partial charge on any atom is -0.383 e. The lowest BCUT2D eigenvalue weighted by Gasteiger charge is -2.09. The number of hydrogen-bond acceptors (Lipinski definition) is 5. The Bertz CT molecular complexity index is 753. The number of nitriles is 1. The van der Waals surface area contributed by atoms with Gasteiger partial charge in [0.1, 0.15) is 0 Å². The number of nitrogens with zero attached hydrogens (tertiary/aromatic N) is 2. The summed E-state index contributed by atoms with van der Waals surface area (Å²) in [6, 6.07) is 9.90. The topological polar surface area (TPSA) is 73.2 Å². The molecular weight excluding hydrogens is 430 g/mol. The number of Topliss-reactive ketones (excluding diaryl/α,β-unsaturated/α-hetero) is 1. The van der Waals surface area contributed by atoms with Gasteiger partial charge in [-0.15, -0.1) is 6.58 Å². The maximum atomic E-state index is 11.0. The van der Waals surface area contributed by atoms with E-state index in [1.807, 2.05) is 42.1 Å². The van der Waals surface area contributed by atoms with Crippen LogP contribution in [0.1, 0.15) is 50.9 Å². The van der Waals surface area contributed by atoms with E-state index in [1.54, 1.807) is 20.0 Å². The smallest absolute Gasteiger partial charge is 0.213 e. The van der Waals surface area contributed by atoms with E-state index in [4.69, 9.17) is 5.26 Å². The predicted molar refractivity (Wildman–Crippen MR) is 147 cm³/mol. The number of carbonyl (C=O) groups is 2. The lowest BCUT2D eigenvalue weighted by atomic mass is 10.1. The zero-order valence-corrected chi connectivity index (χ0v) is 22.0. The van der Waals surface area contributed by atoms with E-state index in [-0.39, 0.29) is 5.78 Å². The summed E-state index contributed by atoms with van der Waals surface area (Å²) in [5.41, 5.74) is 3.10. The van der Waals surface area contributed by atoms with Gasteiger partial charge in [0.05, 0.1) is 6.07 Å². The standard InChI is InChI=1S/C11H15NO.C9H11N.C4H7NO.C3H8S/c1-8(2)12-11-6-4-10(5-7-11)9(3)13;1-4-5-6-8(2)9(3)7-10;1-3-5(2)4-6;1-3-4-2/h4-8,12H,1-3H3;4H,1-3,5-6H2;3-4H,1H2,2H3;3H2,1-2H3. The molecule has 6 heteroatoms. The van der Waals surface area contributed by atoms with Gasteiger partial charge in [0.15, 0.2) is 5.78 Å². The van der Waals surface area contributed by atoms with Gasteiger partial charge in [0.25, 0.3) is 0 Å². The van der Waals surface area contributed by atoms with Gasteiger partial charge in [-0.25, -0.2) is 0 Å². The Morgan fingerprint density at radius 1 is 1.24 bits per heavy atom. The summed E-state index contributed by atoms with van der Waals surface area (Å²) in [7, 11) is 1.62. The second-order valence-corrected chi connectivity index (χ2v) is 8.14. The molecule has 0 fully saturated rings. The third-order valence-corrected chi connectivity index (χ3v) is 4.28. The van der Waals surface area contributed by atoms with Gasteiger partial charge in [0.2, 0.25) is 6.41 Å².